The molecule has 2 N–H and O–H groups in total. The Balaban J connectivity index is 1.96. The van der Waals surface area contributed by atoms with Gasteiger partial charge in [-0.1, -0.05) is 24.1 Å². The zero-order valence-electron chi connectivity index (χ0n) is 11.3. The summed E-state index contributed by atoms with van der Waals surface area (Å²) in [6.45, 7) is 1.44. The largest absolute Gasteiger partial charge is 0.376 e. The molecule has 2 unspecified atom stereocenters. The van der Waals surface area contributed by atoms with Gasteiger partial charge in [0.2, 0.25) is 0 Å². The Kier molecular flexibility index (Phi) is 5.34. The second kappa shape index (κ2) is 7.02. The van der Waals surface area contributed by atoms with Crippen LogP contribution in [0.2, 0.25) is 5.02 Å². The molecule has 1 aromatic carbocycles. The van der Waals surface area contributed by atoms with Gasteiger partial charge in [-0.2, -0.15) is 0 Å². The van der Waals surface area contributed by atoms with Crippen molar-refractivity contribution < 1.29 is 9.66 Å². The molecule has 1 aromatic rings. The minimum absolute atomic E-state index is 0.0132. The van der Waals surface area contributed by atoms with Crippen LogP contribution >= 0.6 is 11.6 Å². The molecule has 0 heterocycles. The van der Waals surface area contributed by atoms with Crippen molar-refractivity contribution in [1.29, 1.82) is 0 Å². The van der Waals surface area contributed by atoms with Crippen molar-refractivity contribution >= 4 is 17.3 Å². The molecule has 5 nitrogen and oxygen atoms in total. The maximum Gasteiger partial charge on any atom is 0.276 e. The quantitative estimate of drug-likeness (QED) is 0.646. The Morgan fingerprint density at radius 3 is 2.85 bits per heavy atom. The third-order valence-corrected chi connectivity index (χ3v) is 4.34. The molecule has 0 spiro atoms. The van der Waals surface area contributed by atoms with Crippen LogP contribution in [0.5, 0.6) is 0 Å². The van der Waals surface area contributed by atoms with Gasteiger partial charge in [0.25, 0.3) is 5.69 Å². The van der Waals surface area contributed by atoms with E-state index in [0.29, 0.717) is 35.6 Å². The van der Waals surface area contributed by atoms with Crippen molar-refractivity contribution in [2.24, 2.45) is 17.6 Å². The van der Waals surface area contributed by atoms with Crippen molar-refractivity contribution in [3.8, 4) is 0 Å². The minimum Gasteiger partial charge on any atom is -0.376 e. The molecular weight excluding hydrogens is 280 g/mol. The van der Waals surface area contributed by atoms with Gasteiger partial charge in [0.1, 0.15) is 0 Å². The highest BCUT2D eigenvalue weighted by atomic mass is 35.5. The van der Waals surface area contributed by atoms with E-state index in [1.165, 1.54) is 12.5 Å². The van der Waals surface area contributed by atoms with Crippen LogP contribution in [0.15, 0.2) is 18.2 Å². The molecule has 110 valence electrons. The van der Waals surface area contributed by atoms with Crippen LogP contribution in [0.25, 0.3) is 0 Å². The third kappa shape index (κ3) is 3.48. The fourth-order valence-corrected chi connectivity index (χ4v) is 3.04. The molecule has 1 fully saturated rings. The lowest BCUT2D eigenvalue weighted by Crippen LogP contribution is -2.22. The Morgan fingerprint density at radius 1 is 1.40 bits per heavy atom. The number of halogens is 1. The van der Waals surface area contributed by atoms with E-state index >= 15 is 0 Å². The molecule has 1 saturated carbocycles. The highest BCUT2D eigenvalue weighted by molar-refractivity contribution is 6.31. The molecule has 0 bridgehead atoms. The first-order valence-electron chi connectivity index (χ1n) is 6.83. The fraction of sp³-hybridized carbons (Fsp3) is 0.571. The van der Waals surface area contributed by atoms with Crippen LogP contribution in [0, 0.1) is 22.0 Å². The summed E-state index contributed by atoms with van der Waals surface area (Å²) < 4.78 is 5.66. The summed E-state index contributed by atoms with van der Waals surface area (Å²) in [6, 6.07) is 4.67. The Bertz CT molecular complexity index is 481. The summed E-state index contributed by atoms with van der Waals surface area (Å²) in [6.07, 6.45) is 3.45. The van der Waals surface area contributed by atoms with Gasteiger partial charge in [0.15, 0.2) is 0 Å². The number of rotatable bonds is 6. The first kappa shape index (κ1) is 15.2. The van der Waals surface area contributed by atoms with Crippen LogP contribution in [0.3, 0.4) is 0 Å². The van der Waals surface area contributed by atoms with Gasteiger partial charge in [0, 0.05) is 6.07 Å². The van der Waals surface area contributed by atoms with Crippen molar-refractivity contribution in [2.75, 3.05) is 13.2 Å². The first-order valence-corrected chi connectivity index (χ1v) is 7.21. The van der Waals surface area contributed by atoms with E-state index in [-0.39, 0.29) is 12.3 Å². The molecule has 0 saturated heterocycles. The normalized spacial score (nSPS) is 22.1. The van der Waals surface area contributed by atoms with Crippen LogP contribution in [-0.2, 0) is 11.3 Å². The molecule has 1 aliphatic carbocycles. The molecule has 0 amide bonds. The summed E-state index contributed by atoms with van der Waals surface area (Å²) in [5, 5.41) is 11.3. The smallest absolute Gasteiger partial charge is 0.276 e. The highest BCUT2D eigenvalue weighted by Gasteiger charge is 2.26. The summed E-state index contributed by atoms with van der Waals surface area (Å²) in [5.41, 5.74) is 6.19. The van der Waals surface area contributed by atoms with Gasteiger partial charge < -0.3 is 10.5 Å². The van der Waals surface area contributed by atoms with Crippen molar-refractivity contribution in [2.45, 2.75) is 25.9 Å². The van der Waals surface area contributed by atoms with E-state index < -0.39 is 4.92 Å². The second-order valence-electron chi connectivity index (χ2n) is 5.20. The molecular formula is C14H19ClN2O3. The van der Waals surface area contributed by atoms with Crippen LogP contribution in [0.1, 0.15) is 24.8 Å². The Labute approximate surface area is 123 Å². The number of hydrogen-bond acceptors (Lipinski definition) is 4. The van der Waals surface area contributed by atoms with Crippen LogP contribution in [0.4, 0.5) is 5.69 Å². The Hall–Kier alpha value is -1.17. The van der Waals surface area contributed by atoms with Crippen molar-refractivity contribution in [3.05, 3.63) is 38.9 Å². The highest BCUT2D eigenvalue weighted by Crippen LogP contribution is 2.32. The average molecular weight is 299 g/mol. The van der Waals surface area contributed by atoms with Gasteiger partial charge in [-0.25, -0.2) is 0 Å². The molecule has 2 rings (SSSR count). The molecule has 6 heteroatoms. The topological polar surface area (TPSA) is 78.4 Å². The number of benzene rings is 1. The van der Waals surface area contributed by atoms with E-state index in [0.717, 1.165) is 12.8 Å². The molecule has 2 atom stereocenters. The van der Waals surface area contributed by atoms with Crippen LogP contribution < -0.4 is 5.73 Å². The first-order chi connectivity index (χ1) is 9.63. The molecule has 0 aliphatic heterocycles. The number of nitrogens with zero attached hydrogens (tertiary/aromatic N) is 1. The number of nitro groups is 1. The van der Waals surface area contributed by atoms with Crippen LogP contribution in [-0.4, -0.2) is 18.1 Å². The second-order valence-corrected chi connectivity index (χ2v) is 5.60. The lowest BCUT2D eigenvalue weighted by molar-refractivity contribution is -0.385. The number of ether oxygens (including phenoxy) is 1. The number of nitro benzene ring substituents is 1. The minimum atomic E-state index is -0.428. The van der Waals surface area contributed by atoms with Gasteiger partial charge >= 0.3 is 0 Å². The number of nitrogens with two attached hydrogens (primary N) is 1. The summed E-state index contributed by atoms with van der Waals surface area (Å²) >= 11 is 6.02. The SMILES string of the molecule is NCC1CCCC1COCc1c(Cl)cccc1[N+](=O)[O-]. The zero-order valence-corrected chi connectivity index (χ0v) is 12.0. The average Bonchev–Trinajstić information content (AvgIpc) is 2.87. The number of hydrogen-bond donors (Lipinski definition) is 1. The molecule has 20 heavy (non-hydrogen) atoms. The molecule has 0 radical (unpaired) electrons. The fourth-order valence-electron chi connectivity index (χ4n) is 2.82. The summed E-state index contributed by atoms with van der Waals surface area (Å²) in [5.74, 6) is 0.970. The van der Waals surface area contributed by atoms with Gasteiger partial charge in [-0.3, -0.25) is 10.1 Å². The lowest BCUT2D eigenvalue weighted by atomic mass is 9.97. The zero-order chi connectivity index (χ0) is 14.5. The van der Waals surface area contributed by atoms with E-state index in [9.17, 15) is 10.1 Å². The van der Waals surface area contributed by atoms with E-state index in [4.69, 9.17) is 22.1 Å². The van der Waals surface area contributed by atoms with Gasteiger partial charge in [-0.05, 0) is 37.3 Å². The summed E-state index contributed by atoms with van der Waals surface area (Å²) in [7, 11) is 0. The lowest BCUT2D eigenvalue weighted by Gasteiger charge is -2.17. The maximum atomic E-state index is 11.0. The predicted octanol–water partition coefficient (Wildman–Crippen LogP) is 3.14. The monoisotopic (exact) mass is 298 g/mol. The van der Waals surface area contributed by atoms with Gasteiger partial charge in [0.05, 0.1) is 28.7 Å². The third-order valence-electron chi connectivity index (χ3n) is 3.99. The van der Waals surface area contributed by atoms with Crippen molar-refractivity contribution in [1.82, 2.24) is 0 Å². The molecule has 0 aromatic heterocycles. The van der Waals surface area contributed by atoms with Crippen molar-refractivity contribution in [3.63, 3.8) is 0 Å². The van der Waals surface area contributed by atoms with E-state index in [1.54, 1.807) is 12.1 Å². The predicted molar refractivity (Wildman–Crippen MR) is 77.6 cm³/mol. The molecule has 1 aliphatic rings. The van der Waals surface area contributed by atoms with E-state index in [1.807, 2.05) is 0 Å². The van der Waals surface area contributed by atoms with Gasteiger partial charge in [-0.15, -0.1) is 0 Å². The standard InChI is InChI=1S/C14H19ClN2O3/c15-13-5-2-6-14(17(18)19)12(13)9-20-8-11-4-1-3-10(11)7-16/h2,5-6,10-11H,1,3-4,7-9,16H2. The summed E-state index contributed by atoms with van der Waals surface area (Å²) in [4.78, 5) is 10.5. The van der Waals surface area contributed by atoms with E-state index in [2.05, 4.69) is 0 Å². The Morgan fingerprint density at radius 2 is 2.15 bits per heavy atom. The maximum absolute atomic E-state index is 11.0.